The van der Waals surface area contributed by atoms with Gasteiger partial charge in [0.1, 0.15) is 11.5 Å². The van der Waals surface area contributed by atoms with Gasteiger partial charge >= 0.3 is 0 Å². The molecule has 0 bridgehead atoms. The van der Waals surface area contributed by atoms with E-state index in [0.717, 1.165) is 30.5 Å². The lowest BCUT2D eigenvalue weighted by Gasteiger charge is -2.03. The van der Waals surface area contributed by atoms with Crippen LogP contribution in [0.2, 0.25) is 0 Å². The van der Waals surface area contributed by atoms with Crippen molar-refractivity contribution in [1.82, 2.24) is 19.9 Å². The first kappa shape index (κ1) is 10.1. The van der Waals surface area contributed by atoms with Gasteiger partial charge in [-0.15, -0.1) is 0 Å². The minimum absolute atomic E-state index is 0.0289. The van der Waals surface area contributed by atoms with Crippen molar-refractivity contribution >= 4 is 0 Å². The van der Waals surface area contributed by atoms with E-state index in [1.807, 2.05) is 6.92 Å². The SMILES string of the molecule is Cc1nccc(-c2nc3c(c(=O)[nH]2)CCC3)n1. The van der Waals surface area contributed by atoms with Crippen molar-refractivity contribution in [3.05, 3.63) is 39.7 Å². The van der Waals surface area contributed by atoms with Crippen LogP contribution in [0.3, 0.4) is 0 Å². The summed E-state index contributed by atoms with van der Waals surface area (Å²) >= 11 is 0. The summed E-state index contributed by atoms with van der Waals surface area (Å²) < 4.78 is 0. The van der Waals surface area contributed by atoms with Crippen LogP contribution in [0.4, 0.5) is 0 Å². The predicted molar refractivity (Wildman–Crippen MR) is 62.6 cm³/mol. The third-order valence-electron chi connectivity index (χ3n) is 2.96. The Kier molecular flexibility index (Phi) is 2.24. The van der Waals surface area contributed by atoms with Crippen LogP contribution in [0.15, 0.2) is 17.1 Å². The van der Waals surface area contributed by atoms with Crippen molar-refractivity contribution in [3.8, 4) is 11.5 Å². The van der Waals surface area contributed by atoms with E-state index in [9.17, 15) is 4.79 Å². The van der Waals surface area contributed by atoms with Gasteiger partial charge in [-0.2, -0.15) is 0 Å². The van der Waals surface area contributed by atoms with Gasteiger partial charge in [-0.25, -0.2) is 15.0 Å². The Morgan fingerprint density at radius 1 is 1.29 bits per heavy atom. The summed E-state index contributed by atoms with van der Waals surface area (Å²) in [4.78, 5) is 27.4. The minimum atomic E-state index is -0.0289. The van der Waals surface area contributed by atoms with Gasteiger partial charge in [0.05, 0.1) is 5.69 Å². The lowest BCUT2D eigenvalue weighted by Crippen LogP contribution is -2.15. The lowest BCUT2D eigenvalue weighted by atomic mass is 10.2. The molecule has 0 amide bonds. The molecule has 0 atom stereocenters. The molecule has 1 N–H and O–H groups in total. The second-order valence-corrected chi connectivity index (χ2v) is 4.18. The van der Waals surface area contributed by atoms with E-state index in [2.05, 4.69) is 19.9 Å². The Morgan fingerprint density at radius 2 is 2.18 bits per heavy atom. The molecular formula is C12H12N4O. The first-order valence-electron chi connectivity index (χ1n) is 5.66. The largest absolute Gasteiger partial charge is 0.305 e. The molecule has 5 nitrogen and oxygen atoms in total. The number of nitrogens with one attached hydrogen (secondary N) is 1. The number of hydrogen-bond donors (Lipinski definition) is 1. The number of H-pyrrole nitrogens is 1. The van der Waals surface area contributed by atoms with Crippen molar-refractivity contribution < 1.29 is 0 Å². The van der Waals surface area contributed by atoms with Crippen LogP contribution in [-0.2, 0) is 12.8 Å². The Hall–Kier alpha value is -2.04. The molecule has 0 unspecified atom stereocenters. The van der Waals surface area contributed by atoms with Gasteiger partial charge < -0.3 is 4.98 Å². The van der Waals surface area contributed by atoms with Gasteiger partial charge in [0.15, 0.2) is 5.82 Å². The first-order chi connectivity index (χ1) is 8.24. The fraction of sp³-hybridized carbons (Fsp3) is 0.333. The molecule has 86 valence electrons. The zero-order valence-corrected chi connectivity index (χ0v) is 9.53. The molecule has 0 saturated carbocycles. The molecule has 2 aromatic heterocycles. The number of aromatic amines is 1. The number of rotatable bonds is 1. The number of hydrogen-bond acceptors (Lipinski definition) is 4. The second-order valence-electron chi connectivity index (χ2n) is 4.18. The maximum Gasteiger partial charge on any atom is 0.254 e. The van der Waals surface area contributed by atoms with Crippen molar-refractivity contribution in [3.63, 3.8) is 0 Å². The number of aromatic nitrogens is 4. The number of nitrogens with zero attached hydrogens (tertiary/aromatic N) is 3. The van der Waals surface area contributed by atoms with Crippen LogP contribution in [0.1, 0.15) is 23.5 Å². The fourth-order valence-electron chi connectivity index (χ4n) is 2.15. The van der Waals surface area contributed by atoms with E-state index in [4.69, 9.17) is 0 Å². The average molecular weight is 228 g/mol. The Morgan fingerprint density at radius 3 is 3.00 bits per heavy atom. The summed E-state index contributed by atoms with van der Waals surface area (Å²) in [6, 6.07) is 1.76. The molecule has 2 aromatic rings. The fourth-order valence-corrected chi connectivity index (χ4v) is 2.15. The topological polar surface area (TPSA) is 71.5 Å². The van der Waals surface area contributed by atoms with Gasteiger partial charge in [-0.1, -0.05) is 0 Å². The molecule has 0 aliphatic heterocycles. The minimum Gasteiger partial charge on any atom is -0.305 e. The number of fused-ring (bicyclic) bond motifs is 1. The van der Waals surface area contributed by atoms with E-state index in [1.165, 1.54) is 0 Å². The molecule has 0 fully saturated rings. The highest BCUT2D eigenvalue weighted by Crippen LogP contribution is 2.18. The second kappa shape index (κ2) is 3.76. The van der Waals surface area contributed by atoms with Gasteiger partial charge in [-0.05, 0) is 32.3 Å². The van der Waals surface area contributed by atoms with Crippen LogP contribution in [-0.4, -0.2) is 19.9 Å². The Bertz CT molecular complexity index is 633. The van der Waals surface area contributed by atoms with Crippen molar-refractivity contribution in [2.45, 2.75) is 26.2 Å². The van der Waals surface area contributed by atoms with Crippen LogP contribution < -0.4 is 5.56 Å². The van der Waals surface area contributed by atoms with Crippen molar-refractivity contribution in [1.29, 1.82) is 0 Å². The molecule has 0 aromatic carbocycles. The molecule has 3 rings (SSSR count). The zero-order chi connectivity index (χ0) is 11.8. The molecule has 1 aliphatic rings. The average Bonchev–Trinajstić information content (AvgIpc) is 2.77. The normalized spacial score (nSPS) is 13.7. The maximum atomic E-state index is 11.9. The summed E-state index contributed by atoms with van der Waals surface area (Å²) in [6.45, 7) is 1.81. The van der Waals surface area contributed by atoms with Crippen LogP contribution in [0, 0.1) is 6.92 Å². The summed E-state index contributed by atoms with van der Waals surface area (Å²) in [7, 11) is 0. The van der Waals surface area contributed by atoms with Crippen LogP contribution in [0.25, 0.3) is 11.5 Å². The molecule has 0 spiro atoms. The predicted octanol–water partition coefficient (Wildman–Crippen LogP) is 1.02. The number of aryl methyl sites for hydroxylation is 2. The highest BCUT2D eigenvalue weighted by atomic mass is 16.1. The molecule has 1 aliphatic carbocycles. The highest BCUT2D eigenvalue weighted by molar-refractivity contribution is 5.49. The summed E-state index contributed by atoms with van der Waals surface area (Å²) in [5, 5.41) is 0. The lowest BCUT2D eigenvalue weighted by molar-refractivity contribution is 0.898. The van der Waals surface area contributed by atoms with E-state index in [1.54, 1.807) is 12.3 Å². The van der Waals surface area contributed by atoms with E-state index >= 15 is 0 Å². The van der Waals surface area contributed by atoms with E-state index in [0.29, 0.717) is 17.3 Å². The van der Waals surface area contributed by atoms with Gasteiger partial charge in [0.2, 0.25) is 0 Å². The van der Waals surface area contributed by atoms with Crippen LogP contribution in [0.5, 0.6) is 0 Å². The van der Waals surface area contributed by atoms with Gasteiger partial charge in [0, 0.05) is 11.8 Å². The van der Waals surface area contributed by atoms with E-state index < -0.39 is 0 Å². The quantitative estimate of drug-likeness (QED) is 0.791. The summed E-state index contributed by atoms with van der Waals surface area (Å²) in [5.41, 5.74) is 2.39. The Labute approximate surface area is 98.0 Å². The van der Waals surface area contributed by atoms with Crippen molar-refractivity contribution in [2.24, 2.45) is 0 Å². The molecule has 17 heavy (non-hydrogen) atoms. The molecule has 2 heterocycles. The standard InChI is InChI=1S/C12H12N4O/c1-7-13-6-5-10(14-7)11-15-9-4-2-3-8(9)12(17)16-11/h5-6H,2-4H2,1H3,(H,15,16,17). The van der Waals surface area contributed by atoms with Gasteiger partial charge in [0.25, 0.3) is 5.56 Å². The summed E-state index contributed by atoms with van der Waals surface area (Å²) in [5.74, 6) is 1.21. The molecule has 0 radical (unpaired) electrons. The Balaban J connectivity index is 2.16. The molecule has 5 heteroatoms. The third kappa shape index (κ3) is 1.73. The monoisotopic (exact) mass is 228 g/mol. The highest BCUT2D eigenvalue weighted by Gasteiger charge is 2.17. The third-order valence-corrected chi connectivity index (χ3v) is 2.96. The smallest absolute Gasteiger partial charge is 0.254 e. The van der Waals surface area contributed by atoms with Crippen molar-refractivity contribution in [2.75, 3.05) is 0 Å². The molecular weight excluding hydrogens is 216 g/mol. The molecule has 0 saturated heterocycles. The maximum absolute atomic E-state index is 11.9. The van der Waals surface area contributed by atoms with Crippen LogP contribution >= 0.6 is 0 Å². The summed E-state index contributed by atoms with van der Waals surface area (Å²) in [6.07, 6.45) is 4.40. The zero-order valence-electron chi connectivity index (χ0n) is 9.53. The first-order valence-corrected chi connectivity index (χ1v) is 5.66. The van der Waals surface area contributed by atoms with Gasteiger partial charge in [-0.3, -0.25) is 4.79 Å². The van der Waals surface area contributed by atoms with E-state index in [-0.39, 0.29) is 5.56 Å².